The zero-order valence-electron chi connectivity index (χ0n) is 14.0. The second-order valence-electron chi connectivity index (χ2n) is 7.81. The lowest BCUT2D eigenvalue weighted by Crippen LogP contribution is -2.54. The maximum absolute atomic E-state index is 13.1. The summed E-state index contributed by atoms with van der Waals surface area (Å²) in [5.41, 5.74) is 0.777. The molecule has 2 aliphatic carbocycles. The molecule has 124 valence electrons. The largest absolute Gasteiger partial charge is 0.461 e. The number of benzene rings is 1. The van der Waals surface area contributed by atoms with Crippen LogP contribution in [0.1, 0.15) is 44.1 Å². The van der Waals surface area contributed by atoms with Gasteiger partial charge < -0.3 is 9.64 Å². The first-order valence-corrected chi connectivity index (χ1v) is 9.14. The molecule has 0 amide bonds. The molecular weight excluding hydrogens is 286 g/mol. The Labute approximate surface area is 139 Å². The Morgan fingerprint density at radius 2 is 1.96 bits per heavy atom. The first kappa shape index (κ1) is 15.2. The molecule has 23 heavy (non-hydrogen) atoms. The molecule has 0 bridgehead atoms. The number of carbonyl (C=O) groups excluding carboxylic acids is 1. The van der Waals surface area contributed by atoms with Gasteiger partial charge in [0.15, 0.2) is 0 Å². The third-order valence-electron chi connectivity index (χ3n) is 6.44. The van der Waals surface area contributed by atoms with Crippen LogP contribution in [0, 0.1) is 11.8 Å². The third-order valence-corrected chi connectivity index (χ3v) is 6.44. The number of carbonyl (C=O) groups is 1. The van der Waals surface area contributed by atoms with Gasteiger partial charge in [0.1, 0.15) is 6.10 Å². The van der Waals surface area contributed by atoms with E-state index in [4.69, 9.17) is 4.74 Å². The summed E-state index contributed by atoms with van der Waals surface area (Å²) in [5, 5.41) is 0. The molecule has 0 aromatic heterocycles. The van der Waals surface area contributed by atoms with Crippen LogP contribution in [0.25, 0.3) is 0 Å². The van der Waals surface area contributed by atoms with E-state index >= 15 is 0 Å². The van der Waals surface area contributed by atoms with Crippen LogP contribution >= 0.6 is 0 Å². The average Bonchev–Trinajstić information content (AvgIpc) is 3.05. The summed E-state index contributed by atoms with van der Waals surface area (Å²) in [6.07, 6.45) is 6.56. The molecular formula is C20H27NO2. The van der Waals surface area contributed by atoms with Crippen molar-refractivity contribution >= 4 is 5.97 Å². The minimum atomic E-state index is -0.377. The summed E-state index contributed by atoms with van der Waals surface area (Å²) in [6.45, 7) is 2.31. The Balaban J connectivity index is 1.47. The average molecular weight is 313 g/mol. The number of hydrogen-bond acceptors (Lipinski definition) is 3. The van der Waals surface area contributed by atoms with Gasteiger partial charge in [0.05, 0.1) is 5.41 Å². The number of rotatable bonds is 3. The van der Waals surface area contributed by atoms with E-state index in [1.807, 2.05) is 18.2 Å². The van der Waals surface area contributed by atoms with Gasteiger partial charge >= 0.3 is 5.97 Å². The smallest absolute Gasteiger partial charge is 0.316 e. The molecule has 1 saturated heterocycles. The van der Waals surface area contributed by atoms with Crippen LogP contribution in [0.5, 0.6) is 0 Å². The van der Waals surface area contributed by atoms with Gasteiger partial charge in [-0.2, -0.15) is 0 Å². The van der Waals surface area contributed by atoms with Crippen molar-refractivity contribution in [3.63, 3.8) is 0 Å². The standard InChI is InChI=1S/C20H27NO2/c1-21-12-9-17-15(14-21)13-18(17)23-19(22)20(10-5-6-11-20)16-7-3-2-4-8-16/h2-4,7-8,15,17-18H,5-6,9-14H2,1H3/t15?,17?,18-/m0/s1. The van der Waals surface area contributed by atoms with Gasteiger partial charge in [0, 0.05) is 12.5 Å². The third kappa shape index (κ3) is 2.59. The lowest BCUT2D eigenvalue weighted by Gasteiger charge is -2.50. The Morgan fingerprint density at radius 3 is 2.65 bits per heavy atom. The SMILES string of the molecule is CN1CCC2C(C[C@@H]2OC(=O)C2(c3ccccc3)CCCC2)C1. The number of likely N-dealkylation sites (tertiary alicyclic amines) is 1. The minimum Gasteiger partial charge on any atom is -0.461 e. The maximum atomic E-state index is 13.1. The summed E-state index contributed by atoms with van der Waals surface area (Å²) < 4.78 is 6.08. The highest BCUT2D eigenvalue weighted by Gasteiger charge is 2.50. The van der Waals surface area contributed by atoms with Gasteiger partial charge in [-0.3, -0.25) is 4.79 Å². The second kappa shape index (κ2) is 5.94. The fourth-order valence-electron chi connectivity index (χ4n) is 4.98. The highest BCUT2D eigenvalue weighted by Crippen LogP contribution is 2.46. The zero-order chi connectivity index (χ0) is 15.9. The van der Waals surface area contributed by atoms with E-state index in [1.54, 1.807) is 0 Å². The Kier molecular flexibility index (Phi) is 3.92. The van der Waals surface area contributed by atoms with Crippen LogP contribution in [-0.2, 0) is 14.9 Å². The van der Waals surface area contributed by atoms with Gasteiger partial charge in [0.25, 0.3) is 0 Å². The zero-order valence-corrected chi connectivity index (χ0v) is 14.0. The van der Waals surface area contributed by atoms with E-state index in [2.05, 4.69) is 24.1 Å². The fraction of sp³-hybridized carbons (Fsp3) is 0.650. The summed E-state index contributed by atoms with van der Waals surface area (Å²) in [6, 6.07) is 10.3. The van der Waals surface area contributed by atoms with Gasteiger partial charge in [-0.15, -0.1) is 0 Å². The lowest BCUT2D eigenvalue weighted by atomic mass is 9.67. The number of ether oxygens (including phenoxy) is 1. The Morgan fingerprint density at radius 1 is 1.22 bits per heavy atom. The summed E-state index contributed by atoms with van der Waals surface area (Å²) in [7, 11) is 2.19. The predicted octanol–water partition coefficient (Wildman–Crippen LogP) is 3.38. The number of hydrogen-bond donors (Lipinski definition) is 0. The first-order chi connectivity index (χ1) is 11.2. The number of fused-ring (bicyclic) bond motifs is 1. The molecule has 3 aliphatic rings. The topological polar surface area (TPSA) is 29.5 Å². The van der Waals surface area contributed by atoms with Crippen molar-refractivity contribution in [2.75, 3.05) is 20.1 Å². The summed E-state index contributed by atoms with van der Waals surface area (Å²) >= 11 is 0. The maximum Gasteiger partial charge on any atom is 0.316 e. The van der Waals surface area contributed by atoms with Crippen molar-refractivity contribution in [3.05, 3.63) is 35.9 Å². The quantitative estimate of drug-likeness (QED) is 0.801. The molecule has 4 rings (SSSR count). The molecule has 3 atom stereocenters. The Bertz CT molecular complexity index is 564. The van der Waals surface area contributed by atoms with Crippen LogP contribution in [0.2, 0.25) is 0 Å². The van der Waals surface area contributed by atoms with E-state index in [9.17, 15) is 4.79 Å². The van der Waals surface area contributed by atoms with Crippen LogP contribution in [0.4, 0.5) is 0 Å². The van der Waals surface area contributed by atoms with Gasteiger partial charge in [-0.1, -0.05) is 43.2 Å². The van der Waals surface area contributed by atoms with E-state index in [1.165, 1.54) is 13.0 Å². The van der Waals surface area contributed by atoms with Crippen molar-refractivity contribution in [1.29, 1.82) is 0 Å². The minimum absolute atomic E-state index is 0.0450. The van der Waals surface area contributed by atoms with Gasteiger partial charge in [0.2, 0.25) is 0 Å². The first-order valence-electron chi connectivity index (χ1n) is 9.14. The van der Waals surface area contributed by atoms with Crippen molar-refractivity contribution in [2.45, 2.75) is 50.0 Å². The molecule has 0 radical (unpaired) electrons. The van der Waals surface area contributed by atoms with Crippen LogP contribution in [0.3, 0.4) is 0 Å². The molecule has 3 nitrogen and oxygen atoms in total. The highest BCUT2D eigenvalue weighted by atomic mass is 16.5. The summed E-state index contributed by atoms with van der Waals surface area (Å²) in [4.78, 5) is 15.5. The molecule has 1 aromatic carbocycles. The van der Waals surface area contributed by atoms with Crippen LogP contribution in [-0.4, -0.2) is 37.1 Å². The van der Waals surface area contributed by atoms with E-state index in [0.717, 1.165) is 50.1 Å². The van der Waals surface area contributed by atoms with Crippen LogP contribution < -0.4 is 0 Å². The van der Waals surface area contributed by atoms with Crippen LogP contribution in [0.15, 0.2) is 30.3 Å². The van der Waals surface area contributed by atoms with Crippen molar-refractivity contribution < 1.29 is 9.53 Å². The normalized spacial score (nSPS) is 32.8. The molecule has 2 unspecified atom stereocenters. The highest BCUT2D eigenvalue weighted by molar-refractivity contribution is 5.84. The molecule has 3 heteroatoms. The molecule has 2 saturated carbocycles. The predicted molar refractivity (Wildman–Crippen MR) is 90.2 cm³/mol. The number of nitrogens with zero attached hydrogens (tertiary/aromatic N) is 1. The lowest BCUT2D eigenvalue weighted by molar-refractivity contribution is -0.174. The molecule has 1 aliphatic heterocycles. The Hall–Kier alpha value is -1.35. The molecule has 0 spiro atoms. The van der Waals surface area contributed by atoms with E-state index in [-0.39, 0.29) is 17.5 Å². The van der Waals surface area contributed by atoms with E-state index < -0.39 is 0 Å². The number of piperidine rings is 1. The van der Waals surface area contributed by atoms with Crippen molar-refractivity contribution in [3.8, 4) is 0 Å². The van der Waals surface area contributed by atoms with Crippen molar-refractivity contribution in [1.82, 2.24) is 4.90 Å². The summed E-state index contributed by atoms with van der Waals surface area (Å²) in [5.74, 6) is 1.38. The van der Waals surface area contributed by atoms with Gasteiger partial charge in [-0.05, 0) is 50.8 Å². The van der Waals surface area contributed by atoms with Crippen molar-refractivity contribution in [2.24, 2.45) is 11.8 Å². The van der Waals surface area contributed by atoms with Gasteiger partial charge in [-0.25, -0.2) is 0 Å². The molecule has 3 fully saturated rings. The second-order valence-corrected chi connectivity index (χ2v) is 7.81. The molecule has 1 aromatic rings. The number of esters is 1. The fourth-order valence-corrected chi connectivity index (χ4v) is 4.98. The monoisotopic (exact) mass is 313 g/mol. The molecule has 0 N–H and O–H groups in total. The molecule has 1 heterocycles. The van der Waals surface area contributed by atoms with E-state index in [0.29, 0.717) is 5.92 Å².